The molecule has 0 atom stereocenters. The summed E-state index contributed by atoms with van der Waals surface area (Å²) in [6.07, 6.45) is 2.34. The molecule has 2 amide bonds. The van der Waals surface area contributed by atoms with Crippen LogP contribution in [0.2, 0.25) is 10.0 Å². The van der Waals surface area contributed by atoms with Crippen molar-refractivity contribution in [3.63, 3.8) is 0 Å². The van der Waals surface area contributed by atoms with E-state index in [1.165, 1.54) is 12.8 Å². The van der Waals surface area contributed by atoms with Gasteiger partial charge in [0.15, 0.2) is 0 Å². The first kappa shape index (κ1) is 14.2. The molecule has 1 aromatic carbocycles. The Balaban J connectivity index is 1.53. The topological polar surface area (TPSA) is 69.8 Å². The van der Waals surface area contributed by atoms with Crippen LogP contribution in [0.25, 0.3) is 0 Å². The van der Waals surface area contributed by atoms with Crippen LogP contribution < -0.4 is 10.6 Å². The summed E-state index contributed by atoms with van der Waals surface area (Å²) < 4.78 is 0. The summed E-state index contributed by atoms with van der Waals surface area (Å²) in [5.41, 5.74) is 1.81. The molecule has 0 bridgehead atoms. The molecule has 2 aromatic rings. The van der Waals surface area contributed by atoms with Crippen LogP contribution in [0.4, 0.5) is 10.6 Å². The minimum absolute atomic E-state index is 0.313. The summed E-state index contributed by atoms with van der Waals surface area (Å²) in [5, 5.41) is 13.5. The highest BCUT2D eigenvalue weighted by Crippen LogP contribution is 2.39. The van der Waals surface area contributed by atoms with Crippen LogP contribution in [0.1, 0.15) is 30.0 Å². The molecule has 1 aliphatic rings. The zero-order chi connectivity index (χ0) is 14.8. The number of H-pyrrole nitrogens is 1. The van der Waals surface area contributed by atoms with Crippen LogP contribution in [0, 0.1) is 0 Å². The van der Waals surface area contributed by atoms with Crippen molar-refractivity contribution in [1.29, 1.82) is 0 Å². The van der Waals surface area contributed by atoms with Gasteiger partial charge in [-0.1, -0.05) is 29.3 Å². The summed E-state index contributed by atoms with van der Waals surface area (Å²) in [4.78, 5) is 11.8. The summed E-state index contributed by atoms with van der Waals surface area (Å²) >= 11 is 11.9. The molecular weight excluding hydrogens is 311 g/mol. The Bertz CT molecular complexity index is 667. The van der Waals surface area contributed by atoms with Gasteiger partial charge in [-0.25, -0.2) is 4.79 Å². The van der Waals surface area contributed by atoms with E-state index in [4.69, 9.17) is 23.2 Å². The summed E-state index contributed by atoms with van der Waals surface area (Å²) in [6.45, 7) is 0.325. The fourth-order valence-corrected chi connectivity index (χ4v) is 2.47. The van der Waals surface area contributed by atoms with E-state index in [9.17, 15) is 4.79 Å². The highest BCUT2D eigenvalue weighted by Gasteiger charge is 2.26. The van der Waals surface area contributed by atoms with E-state index in [0.29, 0.717) is 28.3 Å². The Kier molecular flexibility index (Phi) is 4.03. The molecule has 0 radical (unpaired) electrons. The van der Waals surface area contributed by atoms with Gasteiger partial charge in [0.2, 0.25) is 0 Å². The summed E-state index contributed by atoms with van der Waals surface area (Å²) in [5.74, 6) is 1.14. The quantitative estimate of drug-likeness (QED) is 0.797. The molecule has 1 aliphatic carbocycles. The van der Waals surface area contributed by atoms with Gasteiger partial charge in [-0.05, 0) is 30.5 Å². The maximum atomic E-state index is 11.8. The maximum absolute atomic E-state index is 11.8. The van der Waals surface area contributed by atoms with Crippen molar-refractivity contribution in [3.05, 3.63) is 45.6 Å². The van der Waals surface area contributed by atoms with Gasteiger partial charge in [0.05, 0.1) is 5.69 Å². The first-order valence-corrected chi connectivity index (χ1v) is 7.41. The Morgan fingerprint density at radius 3 is 2.86 bits per heavy atom. The second-order valence-electron chi connectivity index (χ2n) is 5.02. The molecule has 1 heterocycles. The molecule has 5 nitrogen and oxygen atoms in total. The number of aromatic nitrogens is 2. The summed E-state index contributed by atoms with van der Waals surface area (Å²) in [7, 11) is 0. The number of nitrogens with zero attached hydrogens (tertiary/aromatic N) is 1. The smallest absolute Gasteiger partial charge is 0.320 e. The number of carbonyl (C=O) groups is 1. The normalized spacial score (nSPS) is 14.0. The Morgan fingerprint density at radius 1 is 1.33 bits per heavy atom. The van der Waals surface area contributed by atoms with Crippen LogP contribution in [0.3, 0.4) is 0 Å². The van der Waals surface area contributed by atoms with Gasteiger partial charge in [-0.2, -0.15) is 5.10 Å². The third kappa shape index (κ3) is 3.68. The number of anilines is 1. The van der Waals surface area contributed by atoms with Gasteiger partial charge in [-0.15, -0.1) is 0 Å². The van der Waals surface area contributed by atoms with E-state index in [1.54, 1.807) is 18.2 Å². The van der Waals surface area contributed by atoms with E-state index < -0.39 is 0 Å². The molecule has 3 rings (SSSR count). The van der Waals surface area contributed by atoms with Crippen molar-refractivity contribution < 1.29 is 4.79 Å². The highest BCUT2D eigenvalue weighted by atomic mass is 35.5. The number of aromatic amines is 1. The molecule has 3 N–H and O–H groups in total. The summed E-state index contributed by atoms with van der Waals surface area (Å²) in [6, 6.07) is 6.72. The third-order valence-corrected chi connectivity index (χ3v) is 3.88. The lowest BCUT2D eigenvalue weighted by atomic mass is 10.2. The Labute approximate surface area is 132 Å². The van der Waals surface area contributed by atoms with Gasteiger partial charge in [0.25, 0.3) is 0 Å². The lowest BCUT2D eigenvalue weighted by Crippen LogP contribution is -2.28. The number of halogens is 2. The van der Waals surface area contributed by atoms with E-state index in [-0.39, 0.29) is 6.03 Å². The maximum Gasteiger partial charge on any atom is 0.320 e. The van der Waals surface area contributed by atoms with Gasteiger partial charge in [-0.3, -0.25) is 10.4 Å². The van der Waals surface area contributed by atoms with Gasteiger partial charge in [0.1, 0.15) is 5.82 Å². The van der Waals surface area contributed by atoms with Crippen LogP contribution in [0.5, 0.6) is 0 Å². The van der Waals surface area contributed by atoms with Crippen LogP contribution >= 0.6 is 23.2 Å². The molecule has 0 saturated heterocycles. The lowest BCUT2D eigenvalue weighted by Gasteiger charge is -2.07. The van der Waals surface area contributed by atoms with E-state index in [0.717, 1.165) is 11.3 Å². The van der Waals surface area contributed by atoms with E-state index in [1.807, 2.05) is 6.07 Å². The molecule has 7 heteroatoms. The molecule has 1 saturated carbocycles. The van der Waals surface area contributed by atoms with Crippen LogP contribution in [-0.2, 0) is 6.54 Å². The van der Waals surface area contributed by atoms with Crippen LogP contribution in [-0.4, -0.2) is 16.2 Å². The van der Waals surface area contributed by atoms with Crippen molar-refractivity contribution in [2.45, 2.75) is 25.3 Å². The Hall–Kier alpha value is -1.72. The van der Waals surface area contributed by atoms with Gasteiger partial charge < -0.3 is 5.32 Å². The standard InChI is InChI=1S/C14H14Cl2N4O/c15-10-4-3-9(11(16)5-10)7-17-14(21)18-13-6-12(19-20-13)8-1-2-8/h3-6,8H,1-2,7H2,(H3,17,18,19,20,21). The molecule has 1 fully saturated rings. The molecular formula is C14H14Cl2N4O. The lowest BCUT2D eigenvalue weighted by molar-refractivity contribution is 0.251. The minimum Gasteiger partial charge on any atom is -0.334 e. The van der Waals surface area contributed by atoms with Gasteiger partial charge in [0, 0.05) is 28.6 Å². The largest absolute Gasteiger partial charge is 0.334 e. The first-order chi connectivity index (χ1) is 10.1. The highest BCUT2D eigenvalue weighted by molar-refractivity contribution is 6.35. The fourth-order valence-electron chi connectivity index (χ4n) is 2.00. The van der Waals surface area contributed by atoms with Crippen LogP contribution in [0.15, 0.2) is 24.3 Å². The molecule has 1 aromatic heterocycles. The number of benzene rings is 1. The van der Waals surface area contributed by atoms with Crippen molar-refractivity contribution in [2.75, 3.05) is 5.32 Å². The number of rotatable bonds is 4. The average Bonchev–Trinajstić information content (AvgIpc) is 3.19. The molecule has 110 valence electrons. The Morgan fingerprint density at radius 2 is 2.14 bits per heavy atom. The predicted molar refractivity (Wildman–Crippen MR) is 82.9 cm³/mol. The number of urea groups is 1. The SMILES string of the molecule is O=C(NCc1ccc(Cl)cc1Cl)Nc1cc(C2CC2)n[nH]1. The fraction of sp³-hybridized carbons (Fsp3) is 0.286. The third-order valence-electron chi connectivity index (χ3n) is 3.30. The number of carbonyl (C=O) groups excluding carboxylic acids is 1. The molecule has 0 spiro atoms. The predicted octanol–water partition coefficient (Wildman–Crippen LogP) is 3.92. The molecule has 0 aliphatic heterocycles. The monoisotopic (exact) mass is 324 g/mol. The zero-order valence-electron chi connectivity index (χ0n) is 11.1. The first-order valence-electron chi connectivity index (χ1n) is 6.66. The number of nitrogens with one attached hydrogen (secondary N) is 3. The van der Waals surface area contributed by atoms with Crippen molar-refractivity contribution in [3.8, 4) is 0 Å². The average molecular weight is 325 g/mol. The molecule has 21 heavy (non-hydrogen) atoms. The molecule has 0 unspecified atom stereocenters. The van der Waals surface area contributed by atoms with E-state index >= 15 is 0 Å². The van der Waals surface area contributed by atoms with Crippen molar-refractivity contribution >= 4 is 35.1 Å². The second-order valence-corrected chi connectivity index (χ2v) is 5.87. The van der Waals surface area contributed by atoms with Crippen molar-refractivity contribution in [1.82, 2.24) is 15.5 Å². The second kappa shape index (κ2) is 5.95. The van der Waals surface area contributed by atoms with Crippen molar-refractivity contribution in [2.24, 2.45) is 0 Å². The number of amides is 2. The van der Waals surface area contributed by atoms with Gasteiger partial charge >= 0.3 is 6.03 Å². The zero-order valence-corrected chi connectivity index (χ0v) is 12.6. The minimum atomic E-state index is -0.313. The van der Waals surface area contributed by atoms with E-state index in [2.05, 4.69) is 20.8 Å². The number of hydrogen-bond donors (Lipinski definition) is 3. The number of hydrogen-bond acceptors (Lipinski definition) is 2.